The SMILES string of the molecule is NC1CCN(c2n[nH]c(CCOc3ccccc3)n2)C1. The zero-order valence-corrected chi connectivity index (χ0v) is 11.3. The van der Waals surface area contributed by atoms with Crippen LogP contribution in [-0.4, -0.2) is 40.9 Å². The summed E-state index contributed by atoms with van der Waals surface area (Å²) in [4.78, 5) is 6.60. The van der Waals surface area contributed by atoms with E-state index >= 15 is 0 Å². The van der Waals surface area contributed by atoms with Gasteiger partial charge in [-0.2, -0.15) is 4.98 Å². The second-order valence-corrected chi connectivity index (χ2v) is 4.99. The molecule has 6 heteroatoms. The van der Waals surface area contributed by atoms with Crippen LogP contribution in [0.3, 0.4) is 0 Å². The van der Waals surface area contributed by atoms with Crippen LogP contribution in [0.25, 0.3) is 0 Å². The standard InChI is InChI=1S/C14H19N5O/c15-11-6-8-19(10-11)14-16-13(17-18-14)7-9-20-12-4-2-1-3-5-12/h1-5,11H,6-10,15H2,(H,16,17,18). The second-order valence-electron chi connectivity index (χ2n) is 4.99. The number of nitrogens with zero attached hydrogens (tertiary/aromatic N) is 3. The van der Waals surface area contributed by atoms with Gasteiger partial charge in [0.1, 0.15) is 11.6 Å². The molecule has 0 saturated carbocycles. The highest BCUT2D eigenvalue weighted by molar-refractivity contribution is 5.31. The van der Waals surface area contributed by atoms with Crippen LogP contribution in [0.15, 0.2) is 30.3 Å². The summed E-state index contributed by atoms with van der Waals surface area (Å²) >= 11 is 0. The number of H-pyrrole nitrogens is 1. The first-order valence-corrected chi connectivity index (χ1v) is 6.91. The van der Waals surface area contributed by atoms with Gasteiger partial charge in [-0.25, -0.2) is 0 Å². The van der Waals surface area contributed by atoms with Crippen LogP contribution in [0.1, 0.15) is 12.2 Å². The summed E-state index contributed by atoms with van der Waals surface area (Å²) in [6.45, 7) is 2.34. The molecule has 1 aliphatic rings. The Hall–Kier alpha value is -2.08. The van der Waals surface area contributed by atoms with Crippen molar-refractivity contribution in [2.75, 3.05) is 24.6 Å². The molecule has 1 aliphatic heterocycles. The zero-order valence-electron chi connectivity index (χ0n) is 11.3. The van der Waals surface area contributed by atoms with Crippen LogP contribution in [-0.2, 0) is 6.42 Å². The van der Waals surface area contributed by atoms with Gasteiger partial charge in [-0.05, 0) is 18.6 Å². The van der Waals surface area contributed by atoms with Gasteiger partial charge in [-0.1, -0.05) is 18.2 Å². The van der Waals surface area contributed by atoms with Crippen LogP contribution >= 0.6 is 0 Å². The highest BCUT2D eigenvalue weighted by Crippen LogP contribution is 2.15. The molecule has 20 heavy (non-hydrogen) atoms. The maximum Gasteiger partial charge on any atom is 0.244 e. The predicted molar refractivity (Wildman–Crippen MR) is 76.8 cm³/mol. The summed E-state index contributed by atoms with van der Waals surface area (Å²) in [6.07, 6.45) is 1.71. The van der Waals surface area contributed by atoms with E-state index in [9.17, 15) is 0 Å². The number of hydrogen-bond donors (Lipinski definition) is 2. The van der Waals surface area contributed by atoms with E-state index in [0.717, 1.165) is 37.0 Å². The van der Waals surface area contributed by atoms with Crippen molar-refractivity contribution >= 4 is 5.95 Å². The highest BCUT2D eigenvalue weighted by Gasteiger charge is 2.22. The Bertz CT molecular complexity index is 542. The van der Waals surface area contributed by atoms with Crippen molar-refractivity contribution in [3.63, 3.8) is 0 Å². The number of para-hydroxylation sites is 1. The molecular formula is C14H19N5O. The van der Waals surface area contributed by atoms with Crippen LogP contribution in [0, 0.1) is 0 Å². The lowest BCUT2D eigenvalue weighted by Gasteiger charge is -2.11. The fraction of sp³-hybridized carbons (Fsp3) is 0.429. The number of rotatable bonds is 5. The number of benzene rings is 1. The molecule has 1 atom stereocenters. The molecule has 106 valence electrons. The number of aromatic nitrogens is 3. The zero-order chi connectivity index (χ0) is 13.8. The minimum absolute atomic E-state index is 0.235. The summed E-state index contributed by atoms with van der Waals surface area (Å²) in [7, 11) is 0. The molecule has 1 aromatic heterocycles. The summed E-state index contributed by atoms with van der Waals surface area (Å²) in [5.41, 5.74) is 5.89. The van der Waals surface area contributed by atoms with Crippen molar-refractivity contribution in [1.82, 2.24) is 15.2 Å². The third kappa shape index (κ3) is 3.08. The lowest BCUT2D eigenvalue weighted by Crippen LogP contribution is -2.27. The molecule has 6 nitrogen and oxygen atoms in total. The summed E-state index contributed by atoms with van der Waals surface area (Å²) < 4.78 is 5.64. The Balaban J connectivity index is 1.50. The van der Waals surface area contributed by atoms with Gasteiger partial charge in [-0.15, -0.1) is 5.10 Å². The van der Waals surface area contributed by atoms with E-state index < -0.39 is 0 Å². The normalized spacial score (nSPS) is 18.4. The van der Waals surface area contributed by atoms with Gasteiger partial charge in [0, 0.05) is 25.6 Å². The second kappa shape index (κ2) is 5.92. The van der Waals surface area contributed by atoms with Gasteiger partial charge in [0.15, 0.2) is 0 Å². The molecule has 3 N–H and O–H groups in total. The van der Waals surface area contributed by atoms with E-state index in [2.05, 4.69) is 20.1 Å². The number of hydrogen-bond acceptors (Lipinski definition) is 5. The van der Waals surface area contributed by atoms with Crippen LogP contribution in [0.4, 0.5) is 5.95 Å². The van der Waals surface area contributed by atoms with Crippen molar-refractivity contribution in [2.45, 2.75) is 18.9 Å². The van der Waals surface area contributed by atoms with Crippen molar-refractivity contribution in [2.24, 2.45) is 5.73 Å². The summed E-state index contributed by atoms with van der Waals surface area (Å²) in [5.74, 6) is 2.46. The third-order valence-electron chi connectivity index (χ3n) is 3.38. The minimum atomic E-state index is 0.235. The average molecular weight is 273 g/mol. The quantitative estimate of drug-likeness (QED) is 0.848. The van der Waals surface area contributed by atoms with Gasteiger partial charge < -0.3 is 15.4 Å². The largest absolute Gasteiger partial charge is 0.493 e. The van der Waals surface area contributed by atoms with Gasteiger partial charge in [0.2, 0.25) is 5.95 Å². The number of aromatic amines is 1. The Morgan fingerprint density at radius 1 is 1.35 bits per heavy atom. The molecular weight excluding hydrogens is 254 g/mol. The Morgan fingerprint density at radius 3 is 2.95 bits per heavy atom. The Kier molecular flexibility index (Phi) is 3.83. The molecule has 0 radical (unpaired) electrons. The molecule has 3 rings (SSSR count). The first-order chi connectivity index (χ1) is 9.81. The van der Waals surface area contributed by atoms with E-state index in [1.165, 1.54) is 0 Å². The molecule has 0 amide bonds. The van der Waals surface area contributed by atoms with E-state index in [4.69, 9.17) is 10.5 Å². The summed E-state index contributed by atoms with van der Waals surface area (Å²) in [5, 5.41) is 7.20. The molecule has 0 aliphatic carbocycles. The topological polar surface area (TPSA) is 80.1 Å². The molecule has 0 bridgehead atoms. The van der Waals surface area contributed by atoms with Crippen molar-refractivity contribution in [3.8, 4) is 5.75 Å². The van der Waals surface area contributed by atoms with Crippen molar-refractivity contribution < 1.29 is 4.74 Å². The molecule has 1 aromatic carbocycles. The average Bonchev–Trinajstić information content (AvgIpc) is 3.09. The lowest BCUT2D eigenvalue weighted by molar-refractivity contribution is 0.319. The van der Waals surface area contributed by atoms with Gasteiger partial charge in [-0.3, -0.25) is 5.10 Å². The molecule has 1 unspecified atom stereocenters. The smallest absolute Gasteiger partial charge is 0.244 e. The number of anilines is 1. The van der Waals surface area contributed by atoms with Gasteiger partial charge in [0.25, 0.3) is 0 Å². The number of nitrogens with two attached hydrogens (primary N) is 1. The first-order valence-electron chi connectivity index (χ1n) is 6.91. The fourth-order valence-electron chi connectivity index (χ4n) is 2.29. The van der Waals surface area contributed by atoms with Crippen LogP contribution < -0.4 is 15.4 Å². The van der Waals surface area contributed by atoms with Crippen LogP contribution in [0.2, 0.25) is 0 Å². The van der Waals surface area contributed by atoms with Crippen LogP contribution in [0.5, 0.6) is 5.75 Å². The minimum Gasteiger partial charge on any atom is -0.493 e. The monoisotopic (exact) mass is 273 g/mol. The van der Waals surface area contributed by atoms with E-state index in [1.54, 1.807) is 0 Å². The molecule has 2 heterocycles. The Labute approximate surface area is 118 Å². The first kappa shape index (κ1) is 12.9. The molecule has 1 fully saturated rings. The van der Waals surface area contributed by atoms with Gasteiger partial charge in [0.05, 0.1) is 6.61 Å². The van der Waals surface area contributed by atoms with Crippen molar-refractivity contribution in [1.29, 1.82) is 0 Å². The van der Waals surface area contributed by atoms with E-state index in [-0.39, 0.29) is 6.04 Å². The molecule has 2 aromatic rings. The number of nitrogens with one attached hydrogen (secondary N) is 1. The maximum absolute atomic E-state index is 5.89. The fourth-order valence-corrected chi connectivity index (χ4v) is 2.29. The summed E-state index contributed by atoms with van der Waals surface area (Å²) in [6, 6.07) is 10.0. The van der Waals surface area contributed by atoms with Gasteiger partial charge >= 0.3 is 0 Å². The third-order valence-corrected chi connectivity index (χ3v) is 3.38. The van der Waals surface area contributed by atoms with E-state index in [0.29, 0.717) is 13.0 Å². The number of ether oxygens (including phenoxy) is 1. The Morgan fingerprint density at radius 2 is 2.20 bits per heavy atom. The molecule has 1 saturated heterocycles. The lowest BCUT2D eigenvalue weighted by atomic mass is 10.3. The maximum atomic E-state index is 5.89. The van der Waals surface area contributed by atoms with Crippen molar-refractivity contribution in [3.05, 3.63) is 36.2 Å². The van der Waals surface area contributed by atoms with E-state index in [1.807, 2.05) is 30.3 Å². The highest BCUT2D eigenvalue weighted by atomic mass is 16.5. The molecule has 0 spiro atoms. The predicted octanol–water partition coefficient (Wildman–Crippen LogP) is 0.964.